The molecule has 2 heterocycles. The molecule has 4 rings (SSSR count). The van der Waals surface area contributed by atoms with E-state index in [2.05, 4.69) is 35.2 Å². The summed E-state index contributed by atoms with van der Waals surface area (Å²) in [6.45, 7) is 2.58. The first-order valence-corrected chi connectivity index (χ1v) is 10.4. The maximum Gasteiger partial charge on any atom is 0.231 e. The molecule has 0 aromatic heterocycles. The van der Waals surface area contributed by atoms with E-state index in [1.165, 1.54) is 5.56 Å². The molecule has 0 saturated carbocycles. The number of amides is 1. The molecule has 3 N–H and O–H groups in total. The Morgan fingerprint density at radius 1 is 1.15 bits per heavy atom. The standard InChI is InChI=1S/C20H22ClN3O2S/c1-12-18-19(27-11-17(25)22-20(18)24-23-12)13-6-8-15(9-7-13)26-10-14-4-2-3-5-16(14)21/h2-9,12,18-20,23-24H,10-11H2,1H3,(H,22,25). The van der Waals surface area contributed by atoms with Crippen LogP contribution in [0.25, 0.3) is 0 Å². The van der Waals surface area contributed by atoms with Gasteiger partial charge in [0.1, 0.15) is 12.4 Å². The molecular weight excluding hydrogens is 382 g/mol. The second-order valence-corrected chi connectivity index (χ2v) is 8.42. The van der Waals surface area contributed by atoms with Crippen molar-refractivity contribution >= 4 is 29.3 Å². The monoisotopic (exact) mass is 403 g/mol. The van der Waals surface area contributed by atoms with Crippen LogP contribution in [-0.4, -0.2) is 23.9 Å². The number of hydrogen-bond donors (Lipinski definition) is 3. The van der Waals surface area contributed by atoms with E-state index in [0.29, 0.717) is 17.4 Å². The predicted molar refractivity (Wildman–Crippen MR) is 109 cm³/mol. The Bertz CT molecular complexity index is 817. The highest BCUT2D eigenvalue weighted by Gasteiger charge is 2.42. The van der Waals surface area contributed by atoms with Crippen molar-refractivity contribution in [1.29, 1.82) is 0 Å². The van der Waals surface area contributed by atoms with Crippen LogP contribution in [0.5, 0.6) is 5.75 Å². The van der Waals surface area contributed by atoms with Crippen molar-refractivity contribution in [3.63, 3.8) is 0 Å². The molecule has 4 atom stereocenters. The van der Waals surface area contributed by atoms with E-state index >= 15 is 0 Å². The molecule has 2 aromatic rings. The molecule has 2 saturated heterocycles. The van der Waals surface area contributed by atoms with Crippen LogP contribution in [0.4, 0.5) is 0 Å². The summed E-state index contributed by atoms with van der Waals surface area (Å²) in [6, 6.07) is 16.1. The molecule has 0 radical (unpaired) electrons. The topological polar surface area (TPSA) is 62.4 Å². The van der Waals surface area contributed by atoms with Crippen molar-refractivity contribution in [2.45, 2.75) is 31.0 Å². The van der Waals surface area contributed by atoms with Gasteiger partial charge in [0.05, 0.1) is 11.9 Å². The second kappa shape index (κ2) is 8.10. The molecular formula is C20H22ClN3O2S. The summed E-state index contributed by atoms with van der Waals surface area (Å²) >= 11 is 7.87. The van der Waals surface area contributed by atoms with Gasteiger partial charge in [-0.3, -0.25) is 10.2 Å². The lowest BCUT2D eigenvalue weighted by atomic mass is 9.91. The van der Waals surface area contributed by atoms with Crippen LogP contribution in [-0.2, 0) is 11.4 Å². The molecule has 5 nitrogen and oxygen atoms in total. The number of thioether (sulfide) groups is 1. The Kier molecular flexibility index (Phi) is 5.59. The number of hydrogen-bond acceptors (Lipinski definition) is 5. The summed E-state index contributed by atoms with van der Waals surface area (Å²) in [5.41, 5.74) is 8.62. The van der Waals surface area contributed by atoms with Crippen molar-refractivity contribution < 1.29 is 9.53 Å². The Morgan fingerprint density at radius 2 is 1.93 bits per heavy atom. The molecule has 27 heavy (non-hydrogen) atoms. The number of rotatable bonds is 4. The van der Waals surface area contributed by atoms with Gasteiger partial charge in [-0.1, -0.05) is 41.9 Å². The van der Waals surface area contributed by atoms with E-state index in [-0.39, 0.29) is 29.3 Å². The fourth-order valence-electron chi connectivity index (χ4n) is 3.61. The minimum Gasteiger partial charge on any atom is -0.489 e. The molecule has 0 bridgehead atoms. The van der Waals surface area contributed by atoms with Gasteiger partial charge in [-0.25, -0.2) is 5.43 Å². The minimum absolute atomic E-state index is 0.0522. The SMILES string of the molecule is CC1NNC2NC(=O)CSC(c3ccc(OCc4ccccc4Cl)cc3)C12. The van der Waals surface area contributed by atoms with Gasteiger partial charge in [-0.05, 0) is 30.7 Å². The predicted octanol–water partition coefficient (Wildman–Crippen LogP) is 3.26. The second-order valence-electron chi connectivity index (χ2n) is 6.88. The highest BCUT2D eigenvalue weighted by molar-refractivity contribution is 8.00. The van der Waals surface area contributed by atoms with Gasteiger partial charge in [-0.15, -0.1) is 11.8 Å². The third kappa shape index (κ3) is 4.09. The van der Waals surface area contributed by atoms with Gasteiger partial charge in [0.2, 0.25) is 5.91 Å². The van der Waals surface area contributed by atoms with E-state index in [0.717, 1.165) is 11.3 Å². The van der Waals surface area contributed by atoms with E-state index < -0.39 is 0 Å². The van der Waals surface area contributed by atoms with E-state index in [1.54, 1.807) is 11.8 Å². The van der Waals surface area contributed by atoms with Crippen molar-refractivity contribution in [3.8, 4) is 5.75 Å². The number of ether oxygens (including phenoxy) is 1. The lowest BCUT2D eigenvalue weighted by Crippen LogP contribution is -2.46. The molecule has 2 aromatic carbocycles. The summed E-state index contributed by atoms with van der Waals surface area (Å²) < 4.78 is 5.88. The largest absolute Gasteiger partial charge is 0.489 e. The van der Waals surface area contributed by atoms with Gasteiger partial charge in [0.15, 0.2) is 0 Å². The first-order valence-electron chi connectivity index (χ1n) is 9.00. The van der Waals surface area contributed by atoms with Crippen LogP contribution in [0.2, 0.25) is 5.02 Å². The third-order valence-electron chi connectivity index (χ3n) is 5.05. The Labute approximate surface area is 168 Å². The minimum atomic E-state index is -0.0522. The van der Waals surface area contributed by atoms with Crippen LogP contribution >= 0.6 is 23.4 Å². The quantitative estimate of drug-likeness (QED) is 0.731. The number of nitrogens with one attached hydrogen (secondary N) is 3. The van der Waals surface area contributed by atoms with E-state index in [9.17, 15) is 4.79 Å². The van der Waals surface area contributed by atoms with Crippen LogP contribution in [0.15, 0.2) is 48.5 Å². The number of fused-ring (bicyclic) bond motifs is 1. The average Bonchev–Trinajstić information content (AvgIpc) is 2.93. The van der Waals surface area contributed by atoms with Crippen molar-refractivity contribution in [2.75, 3.05) is 5.75 Å². The molecule has 2 aliphatic rings. The third-order valence-corrected chi connectivity index (χ3v) is 6.79. The maximum atomic E-state index is 12.0. The van der Waals surface area contributed by atoms with Crippen LogP contribution in [0.1, 0.15) is 23.3 Å². The Balaban J connectivity index is 1.48. The van der Waals surface area contributed by atoms with Crippen LogP contribution in [0.3, 0.4) is 0 Å². The highest BCUT2D eigenvalue weighted by Crippen LogP contribution is 2.42. The van der Waals surface area contributed by atoms with Gasteiger partial charge < -0.3 is 10.1 Å². The smallest absolute Gasteiger partial charge is 0.231 e. The molecule has 0 spiro atoms. The molecule has 2 fully saturated rings. The first-order chi connectivity index (χ1) is 13.1. The van der Waals surface area contributed by atoms with E-state index in [1.807, 2.05) is 36.4 Å². The van der Waals surface area contributed by atoms with Gasteiger partial charge in [0.25, 0.3) is 0 Å². The number of halogens is 1. The van der Waals surface area contributed by atoms with Gasteiger partial charge in [0, 0.05) is 27.8 Å². The summed E-state index contributed by atoms with van der Waals surface area (Å²) in [4.78, 5) is 12.0. The van der Waals surface area contributed by atoms with Crippen LogP contribution < -0.4 is 20.9 Å². The lowest BCUT2D eigenvalue weighted by Gasteiger charge is -2.27. The lowest BCUT2D eigenvalue weighted by molar-refractivity contribution is -0.119. The first kappa shape index (κ1) is 18.6. The van der Waals surface area contributed by atoms with E-state index in [4.69, 9.17) is 16.3 Å². The zero-order valence-electron chi connectivity index (χ0n) is 14.9. The molecule has 4 unspecified atom stereocenters. The van der Waals surface area contributed by atoms with Crippen molar-refractivity contribution in [2.24, 2.45) is 5.92 Å². The van der Waals surface area contributed by atoms with Crippen molar-refractivity contribution in [1.82, 2.24) is 16.2 Å². The van der Waals surface area contributed by atoms with Crippen molar-refractivity contribution in [3.05, 3.63) is 64.7 Å². The molecule has 2 aliphatic heterocycles. The fourth-order valence-corrected chi connectivity index (χ4v) is 5.18. The van der Waals surface area contributed by atoms with Gasteiger partial charge >= 0.3 is 0 Å². The average molecular weight is 404 g/mol. The molecule has 142 valence electrons. The van der Waals surface area contributed by atoms with Gasteiger partial charge in [-0.2, -0.15) is 0 Å². The number of benzene rings is 2. The highest BCUT2D eigenvalue weighted by atomic mass is 35.5. The normalized spacial score (nSPS) is 27.6. The number of hydrazine groups is 1. The zero-order valence-corrected chi connectivity index (χ0v) is 16.5. The summed E-state index contributed by atoms with van der Waals surface area (Å²) in [5, 5.41) is 3.99. The summed E-state index contributed by atoms with van der Waals surface area (Å²) in [6.07, 6.45) is -0.0522. The zero-order chi connectivity index (χ0) is 18.8. The molecule has 0 aliphatic carbocycles. The number of carbonyl (C=O) groups is 1. The fraction of sp³-hybridized carbons (Fsp3) is 0.350. The maximum absolute atomic E-state index is 12.0. The number of carbonyl (C=O) groups excluding carboxylic acids is 1. The van der Waals surface area contributed by atoms with Crippen LogP contribution in [0, 0.1) is 5.92 Å². The molecule has 1 amide bonds. The summed E-state index contributed by atoms with van der Waals surface area (Å²) in [7, 11) is 0. The summed E-state index contributed by atoms with van der Waals surface area (Å²) in [5.74, 6) is 1.62. The molecule has 7 heteroatoms. The Morgan fingerprint density at radius 3 is 2.70 bits per heavy atom. The Hall–Kier alpha value is -1.73.